The van der Waals surface area contributed by atoms with Gasteiger partial charge in [0.05, 0.1) is 0 Å². The van der Waals surface area contributed by atoms with Crippen LogP contribution in [0.25, 0.3) is 0 Å². The van der Waals surface area contributed by atoms with Crippen molar-refractivity contribution in [2.45, 2.75) is 50.6 Å². The largest absolute Gasteiger partial charge is 0.326 e. The second-order valence-electron chi connectivity index (χ2n) is 5.33. The zero-order valence-electron chi connectivity index (χ0n) is 10.5. The second-order valence-corrected chi connectivity index (χ2v) is 5.33. The zero-order chi connectivity index (χ0) is 11.5. The van der Waals surface area contributed by atoms with E-state index < -0.39 is 0 Å². The first-order chi connectivity index (χ1) is 7.03. The Balaban J connectivity index is 2.81. The van der Waals surface area contributed by atoms with E-state index in [9.17, 15) is 0 Å². The highest BCUT2D eigenvalue weighted by atomic mass is 15.2. The Morgan fingerprint density at radius 1 is 1.60 bits per heavy atom. The van der Waals surface area contributed by atoms with Crippen LogP contribution in [0.1, 0.15) is 39.0 Å². The lowest BCUT2D eigenvalue weighted by Gasteiger charge is -2.49. The molecule has 88 valence electrons. The van der Waals surface area contributed by atoms with Gasteiger partial charge < -0.3 is 10.6 Å². The molecular formula is C13H26N2. The molecule has 1 aliphatic rings. The van der Waals surface area contributed by atoms with E-state index in [1.807, 2.05) is 6.08 Å². The highest BCUT2D eigenvalue weighted by Crippen LogP contribution is 2.38. The molecule has 1 fully saturated rings. The molecule has 0 aliphatic heterocycles. The van der Waals surface area contributed by atoms with Gasteiger partial charge in [-0.05, 0) is 39.3 Å². The topological polar surface area (TPSA) is 29.3 Å². The molecule has 0 spiro atoms. The normalized spacial score (nSPS) is 34.1. The molecule has 0 saturated heterocycles. The number of likely N-dealkylation sites (N-methyl/N-ethyl adjacent to an activating group) is 1. The van der Waals surface area contributed by atoms with Gasteiger partial charge in [0.1, 0.15) is 0 Å². The van der Waals surface area contributed by atoms with E-state index in [4.69, 9.17) is 5.73 Å². The molecule has 0 amide bonds. The average molecular weight is 210 g/mol. The molecule has 1 rings (SSSR count). The maximum atomic E-state index is 6.34. The van der Waals surface area contributed by atoms with Crippen LogP contribution in [-0.2, 0) is 0 Å². The Labute approximate surface area is 94.5 Å². The van der Waals surface area contributed by atoms with Crippen molar-refractivity contribution < 1.29 is 0 Å². The molecule has 0 heterocycles. The van der Waals surface area contributed by atoms with E-state index >= 15 is 0 Å². The van der Waals surface area contributed by atoms with Crippen molar-refractivity contribution in [1.82, 2.24) is 4.90 Å². The van der Waals surface area contributed by atoms with Crippen molar-refractivity contribution in [3.63, 3.8) is 0 Å². The Morgan fingerprint density at radius 3 is 2.73 bits per heavy atom. The molecule has 3 unspecified atom stereocenters. The monoisotopic (exact) mass is 210 g/mol. The van der Waals surface area contributed by atoms with E-state index in [-0.39, 0.29) is 11.6 Å². The summed E-state index contributed by atoms with van der Waals surface area (Å²) in [5.41, 5.74) is 6.54. The quantitative estimate of drug-likeness (QED) is 0.722. The van der Waals surface area contributed by atoms with Gasteiger partial charge in [0.25, 0.3) is 0 Å². The summed E-state index contributed by atoms with van der Waals surface area (Å²) in [7, 11) is 4.34. The fourth-order valence-electron chi connectivity index (χ4n) is 3.04. The van der Waals surface area contributed by atoms with E-state index in [2.05, 4.69) is 32.5 Å². The minimum absolute atomic E-state index is 0.200. The van der Waals surface area contributed by atoms with Crippen molar-refractivity contribution in [3.05, 3.63) is 12.7 Å². The summed E-state index contributed by atoms with van der Waals surface area (Å²) in [6.45, 7) is 6.15. The molecule has 15 heavy (non-hydrogen) atoms. The number of rotatable bonds is 4. The molecular weight excluding hydrogens is 184 g/mol. The molecule has 2 N–H and O–H groups in total. The lowest BCUT2D eigenvalue weighted by atomic mass is 9.71. The third-order valence-corrected chi connectivity index (χ3v) is 4.01. The maximum absolute atomic E-state index is 6.34. The zero-order valence-corrected chi connectivity index (χ0v) is 10.5. The Morgan fingerprint density at radius 2 is 2.27 bits per heavy atom. The summed E-state index contributed by atoms with van der Waals surface area (Å²) < 4.78 is 0. The molecule has 0 radical (unpaired) electrons. The number of hydrogen-bond donors (Lipinski definition) is 1. The van der Waals surface area contributed by atoms with Gasteiger partial charge in [-0.25, -0.2) is 0 Å². The summed E-state index contributed by atoms with van der Waals surface area (Å²) in [4.78, 5) is 2.34. The number of nitrogens with zero attached hydrogens (tertiary/aromatic N) is 1. The molecule has 0 aromatic rings. The van der Waals surface area contributed by atoms with E-state index in [1.54, 1.807) is 0 Å². The molecule has 0 aromatic heterocycles. The molecule has 1 aliphatic carbocycles. The molecule has 0 aromatic carbocycles. The van der Waals surface area contributed by atoms with Crippen LogP contribution < -0.4 is 5.73 Å². The number of hydrogen-bond acceptors (Lipinski definition) is 2. The Hall–Kier alpha value is -0.340. The predicted octanol–water partition coefficient (Wildman–Crippen LogP) is 2.40. The smallest absolute Gasteiger partial charge is 0.0359 e. The third kappa shape index (κ3) is 2.61. The van der Waals surface area contributed by atoms with Crippen molar-refractivity contribution in [1.29, 1.82) is 0 Å². The maximum Gasteiger partial charge on any atom is 0.0359 e. The van der Waals surface area contributed by atoms with Gasteiger partial charge in [-0.2, -0.15) is 0 Å². The first-order valence-corrected chi connectivity index (χ1v) is 6.07. The van der Waals surface area contributed by atoms with Crippen molar-refractivity contribution in [3.8, 4) is 0 Å². The fraction of sp³-hybridized carbons (Fsp3) is 0.846. The van der Waals surface area contributed by atoms with Crippen LogP contribution in [0.15, 0.2) is 12.7 Å². The van der Waals surface area contributed by atoms with Crippen molar-refractivity contribution in [2.75, 3.05) is 14.1 Å². The van der Waals surface area contributed by atoms with Gasteiger partial charge in [0.2, 0.25) is 0 Å². The van der Waals surface area contributed by atoms with Gasteiger partial charge in [-0.15, -0.1) is 6.58 Å². The summed E-state index contributed by atoms with van der Waals surface area (Å²) in [5, 5.41) is 0. The van der Waals surface area contributed by atoms with Crippen LogP contribution in [0, 0.1) is 5.92 Å². The molecule has 0 bridgehead atoms. The third-order valence-electron chi connectivity index (χ3n) is 4.01. The minimum Gasteiger partial charge on any atom is -0.326 e. The predicted molar refractivity (Wildman–Crippen MR) is 66.8 cm³/mol. The van der Waals surface area contributed by atoms with Crippen LogP contribution in [0.4, 0.5) is 0 Å². The van der Waals surface area contributed by atoms with Crippen LogP contribution >= 0.6 is 0 Å². The first-order valence-electron chi connectivity index (χ1n) is 6.07. The van der Waals surface area contributed by atoms with Crippen molar-refractivity contribution >= 4 is 0 Å². The second kappa shape index (κ2) is 5.13. The summed E-state index contributed by atoms with van der Waals surface area (Å²) >= 11 is 0. The van der Waals surface area contributed by atoms with Crippen LogP contribution in [0.3, 0.4) is 0 Å². The fourth-order valence-corrected chi connectivity index (χ4v) is 3.04. The lowest BCUT2D eigenvalue weighted by molar-refractivity contribution is 0.0512. The standard InChI is InChI=1S/C13H26N2/c1-5-7-12(14)13(15(3)4)9-6-8-11(2)10-13/h5,11-12H,1,6-10,14H2,2-4H3. The van der Waals surface area contributed by atoms with Crippen LogP contribution in [0.5, 0.6) is 0 Å². The van der Waals surface area contributed by atoms with Gasteiger partial charge in [0, 0.05) is 11.6 Å². The first kappa shape index (κ1) is 12.7. The van der Waals surface area contributed by atoms with E-state index in [0.29, 0.717) is 0 Å². The van der Waals surface area contributed by atoms with Crippen LogP contribution in [-0.4, -0.2) is 30.6 Å². The van der Waals surface area contributed by atoms with Gasteiger partial charge >= 0.3 is 0 Å². The Bertz CT molecular complexity index is 213. The lowest BCUT2D eigenvalue weighted by Crippen LogP contribution is -2.59. The summed E-state index contributed by atoms with van der Waals surface area (Å²) in [6.07, 6.45) is 8.01. The molecule has 2 nitrogen and oxygen atoms in total. The summed E-state index contributed by atoms with van der Waals surface area (Å²) in [6, 6.07) is 0.229. The highest BCUT2D eigenvalue weighted by Gasteiger charge is 2.41. The SMILES string of the molecule is C=CCC(N)C1(N(C)C)CCCC(C)C1. The van der Waals surface area contributed by atoms with E-state index in [1.165, 1.54) is 25.7 Å². The van der Waals surface area contributed by atoms with Gasteiger partial charge in [0.15, 0.2) is 0 Å². The number of nitrogens with two attached hydrogens (primary N) is 1. The summed E-state index contributed by atoms with van der Waals surface area (Å²) in [5.74, 6) is 0.803. The van der Waals surface area contributed by atoms with Gasteiger partial charge in [-0.3, -0.25) is 0 Å². The molecule has 3 atom stereocenters. The van der Waals surface area contributed by atoms with Crippen LogP contribution in [0.2, 0.25) is 0 Å². The molecule has 2 heteroatoms. The van der Waals surface area contributed by atoms with Gasteiger partial charge in [-0.1, -0.05) is 25.8 Å². The van der Waals surface area contributed by atoms with E-state index in [0.717, 1.165) is 12.3 Å². The molecule has 1 saturated carbocycles. The minimum atomic E-state index is 0.200. The van der Waals surface area contributed by atoms with Crippen molar-refractivity contribution in [2.24, 2.45) is 11.7 Å². The highest BCUT2D eigenvalue weighted by molar-refractivity contribution is 5.02. The Kier molecular flexibility index (Phi) is 4.35. The average Bonchev–Trinajstić information content (AvgIpc) is 2.17.